The van der Waals surface area contributed by atoms with Crippen LogP contribution in [-0.2, 0) is 6.18 Å². The molecule has 0 spiro atoms. The summed E-state index contributed by atoms with van der Waals surface area (Å²) in [6.45, 7) is 1.79. The third-order valence-corrected chi connectivity index (χ3v) is 2.80. The minimum Gasteiger partial charge on any atom is -0.270 e. The number of nitrogens with two attached hydrogens (primary N) is 1. The van der Waals surface area contributed by atoms with E-state index in [1.165, 1.54) is 30.6 Å². The number of halogens is 3. The van der Waals surface area contributed by atoms with Gasteiger partial charge in [-0.2, -0.15) is 13.2 Å². The van der Waals surface area contributed by atoms with E-state index in [0.29, 0.717) is 0 Å². The van der Waals surface area contributed by atoms with Crippen LogP contribution in [0.2, 0.25) is 0 Å². The van der Waals surface area contributed by atoms with E-state index >= 15 is 0 Å². The minimum atomic E-state index is -4.46. The van der Waals surface area contributed by atoms with Crippen molar-refractivity contribution < 1.29 is 13.2 Å². The SMILES string of the molecule is Cc1cnc(C(NN)c2ccccc2C(F)(F)F)nc1. The van der Waals surface area contributed by atoms with Gasteiger partial charge in [-0.3, -0.25) is 5.84 Å². The first-order valence-electron chi connectivity index (χ1n) is 5.84. The fraction of sp³-hybridized carbons (Fsp3) is 0.231. The average molecular weight is 282 g/mol. The van der Waals surface area contributed by atoms with Crippen molar-refractivity contribution in [2.24, 2.45) is 5.84 Å². The lowest BCUT2D eigenvalue weighted by Gasteiger charge is -2.19. The molecule has 0 saturated heterocycles. The van der Waals surface area contributed by atoms with Crippen molar-refractivity contribution in [2.45, 2.75) is 19.1 Å². The molecule has 20 heavy (non-hydrogen) atoms. The first-order valence-corrected chi connectivity index (χ1v) is 5.84. The second-order valence-electron chi connectivity index (χ2n) is 4.30. The summed E-state index contributed by atoms with van der Waals surface area (Å²) in [5, 5.41) is 0. The molecule has 0 aliphatic rings. The molecule has 0 amide bonds. The second-order valence-corrected chi connectivity index (χ2v) is 4.30. The summed E-state index contributed by atoms with van der Waals surface area (Å²) in [6, 6.07) is 4.29. The lowest BCUT2D eigenvalue weighted by atomic mass is 9.99. The number of rotatable bonds is 3. The van der Waals surface area contributed by atoms with Crippen LogP contribution >= 0.6 is 0 Å². The third-order valence-electron chi connectivity index (χ3n) is 2.80. The molecule has 0 bridgehead atoms. The molecule has 0 aliphatic carbocycles. The van der Waals surface area contributed by atoms with Crippen LogP contribution < -0.4 is 11.3 Å². The van der Waals surface area contributed by atoms with Crippen LogP contribution in [0.3, 0.4) is 0 Å². The minimum absolute atomic E-state index is 0.00801. The van der Waals surface area contributed by atoms with Gasteiger partial charge in [0.2, 0.25) is 0 Å². The van der Waals surface area contributed by atoms with Gasteiger partial charge in [-0.1, -0.05) is 18.2 Å². The summed E-state index contributed by atoms with van der Waals surface area (Å²) in [5.41, 5.74) is 2.39. The van der Waals surface area contributed by atoms with Crippen LogP contribution in [0.5, 0.6) is 0 Å². The third kappa shape index (κ3) is 2.94. The van der Waals surface area contributed by atoms with Gasteiger partial charge in [0.05, 0.1) is 5.56 Å². The zero-order valence-electron chi connectivity index (χ0n) is 10.6. The van der Waals surface area contributed by atoms with E-state index in [9.17, 15) is 13.2 Å². The first-order chi connectivity index (χ1) is 9.43. The standard InChI is InChI=1S/C13H13F3N4/c1-8-6-18-12(19-7-8)11(20-17)9-4-2-3-5-10(9)13(14,15)16/h2-7,11,20H,17H2,1H3. The smallest absolute Gasteiger partial charge is 0.270 e. The van der Waals surface area contributed by atoms with Crippen molar-refractivity contribution >= 4 is 0 Å². The number of aryl methyl sites for hydroxylation is 1. The maximum atomic E-state index is 13.0. The van der Waals surface area contributed by atoms with Crippen LogP contribution in [0.15, 0.2) is 36.7 Å². The lowest BCUT2D eigenvalue weighted by Crippen LogP contribution is -2.32. The van der Waals surface area contributed by atoms with Crippen molar-refractivity contribution in [3.63, 3.8) is 0 Å². The molecule has 2 rings (SSSR count). The largest absolute Gasteiger partial charge is 0.416 e. The molecule has 1 atom stereocenters. The Hall–Kier alpha value is -1.99. The Kier molecular flexibility index (Phi) is 4.01. The van der Waals surface area contributed by atoms with Gasteiger partial charge in [-0.05, 0) is 24.1 Å². The Morgan fingerprint density at radius 3 is 2.30 bits per heavy atom. The Morgan fingerprint density at radius 1 is 1.15 bits per heavy atom. The van der Waals surface area contributed by atoms with Crippen LogP contribution in [0.25, 0.3) is 0 Å². The molecule has 1 aromatic carbocycles. The number of alkyl halides is 3. The van der Waals surface area contributed by atoms with Crippen LogP contribution in [-0.4, -0.2) is 9.97 Å². The molecule has 0 saturated carbocycles. The van der Waals surface area contributed by atoms with Crippen LogP contribution in [0.4, 0.5) is 13.2 Å². The van der Waals surface area contributed by atoms with Gasteiger partial charge >= 0.3 is 6.18 Å². The van der Waals surface area contributed by atoms with Crippen LogP contribution in [0.1, 0.15) is 28.6 Å². The summed E-state index contributed by atoms with van der Waals surface area (Å²) in [5.74, 6) is 5.58. The Balaban J connectivity index is 2.50. The maximum Gasteiger partial charge on any atom is 0.416 e. The van der Waals surface area contributed by atoms with Crippen molar-refractivity contribution in [3.8, 4) is 0 Å². The van der Waals surface area contributed by atoms with E-state index in [1.807, 2.05) is 0 Å². The first kappa shape index (κ1) is 14.4. The summed E-state index contributed by atoms with van der Waals surface area (Å²) in [6.07, 6.45) is -1.40. The number of hydrogen-bond acceptors (Lipinski definition) is 4. The second kappa shape index (κ2) is 5.56. The Labute approximate surface area is 113 Å². The zero-order valence-corrected chi connectivity index (χ0v) is 10.6. The van der Waals surface area contributed by atoms with E-state index in [4.69, 9.17) is 5.84 Å². The predicted octanol–water partition coefficient (Wildman–Crippen LogP) is 2.36. The van der Waals surface area contributed by atoms with Crippen molar-refractivity contribution in [2.75, 3.05) is 0 Å². The van der Waals surface area contributed by atoms with E-state index in [1.54, 1.807) is 6.92 Å². The van der Waals surface area contributed by atoms with Crippen molar-refractivity contribution in [3.05, 3.63) is 59.2 Å². The van der Waals surface area contributed by atoms with E-state index in [-0.39, 0.29) is 11.4 Å². The molecule has 0 radical (unpaired) electrons. The van der Waals surface area contributed by atoms with E-state index in [2.05, 4.69) is 15.4 Å². The molecular formula is C13H13F3N4. The quantitative estimate of drug-likeness (QED) is 0.670. The molecule has 2 aromatic rings. The maximum absolute atomic E-state index is 13.0. The molecule has 3 N–H and O–H groups in total. The normalized spacial score (nSPS) is 13.2. The zero-order chi connectivity index (χ0) is 14.8. The number of nitrogens with one attached hydrogen (secondary N) is 1. The highest BCUT2D eigenvalue weighted by Crippen LogP contribution is 2.35. The molecule has 1 aromatic heterocycles. The summed E-state index contributed by atoms with van der Waals surface area (Å²) < 4.78 is 39.0. The van der Waals surface area contributed by atoms with Crippen molar-refractivity contribution in [1.82, 2.24) is 15.4 Å². The van der Waals surface area contributed by atoms with Crippen LogP contribution in [0, 0.1) is 6.92 Å². The fourth-order valence-corrected chi connectivity index (χ4v) is 1.86. The highest BCUT2D eigenvalue weighted by molar-refractivity contribution is 5.35. The number of aromatic nitrogens is 2. The Bertz CT molecular complexity index is 581. The van der Waals surface area contributed by atoms with Gasteiger partial charge in [0, 0.05) is 12.4 Å². The highest BCUT2D eigenvalue weighted by atomic mass is 19.4. The summed E-state index contributed by atoms with van der Waals surface area (Å²) >= 11 is 0. The van der Waals surface area contributed by atoms with E-state index in [0.717, 1.165) is 11.6 Å². The molecule has 0 aliphatic heterocycles. The summed E-state index contributed by atoms with van der Waals surface area (Å²) in [4.78, 5) is 8.06. The van der Waals surface area contributed by atoms with Gasteiger partial charge in [-0.15, -0.1) is 0 Å². The Morgan fingerprint density at radius 2 is 1.75 bits per heavy atom. The van der Waals surface area contributed by atoms with Gasteiger partial charge in [-0.25, -0.2) is 15.4 Å². The molecule has 106 valence electrons. The fourth-order valence-electron chi connectivity index (χ4n) is 1.86. The lowest BCUT2D eigenvalue weighted by molar-refractivity contribution is -0.138. The summed E-state index contributed by atoms with van der Waals surface area (Å²) in [7, 11) is 0. The molecule has 4 nitrogen and oxygen atoms in total. The monoisotopic (exact) mass is 282 g/mol. The topological polar surface area (TPSA) is 63.8 Å². The van der Waals surface area contributed by atoms with Gasteiger partial charge in [0.15, 0.2) is 5.82 Å². The average Bonchev–Trinajstić information content (AvgIpc) is 2.41. The number of hydrazine groups is 1. The van der Waals surface area contributed by atoms with Crippen molar-refractivity contribution in [1.29, 1.82) is 0 Å². The highest BCUT2D eigenvalue weighted by Gasteiger charge is 2.35. The van der Waals surface area contributed by atoms with Gasteiger partial charge in [0.25, 0.3) is 0 Å². The number of nitrogens with zero attached hydrogens (tertiary/aromatic N) is 2. The molecule has 7 heteroatoms. The molecular weight excluding hydrogens is 269 g/mol. The molecule has 1 heterocycles. The molecule has 0 fully saturated rings. The number of hydrogen-bond donors (Lipinski definition) is 2. The predicted molar refractivity (Wildman–Crippen MR) is 67.4 cm³/mol. The number of benzene rings is 1. The molecule has 1 unspecified atom stereocenters. The van der Waals surface area contributed by atoms with Gasteiger partial charge in [0.1, 0.15) is 6.04 Å². The van der Waals surface area contributed by atoms with E-state index < -0.39 is 17.8 Å². The van der Waals surface area contributed by atoms with Gasteiger partial charge < -0.3 is 0 Å².